The molecule has 0 fully saturated rings. The first-order valence-corrected chi connectivity index (χ1v) is 9.98. The largest absolute Gasteiger partial charge is 0.461 e. The molecule has 1 heterocycles. The van der Waals surface area contributed by atoms with E-state index in [1.807, 2.05) is 0 Å². The zero-order chi connectivity index (χ0) is 23.8. The van der Waals surface area contributed by atoms with Crippen molar-refractivity contribution in [2.24, 2.45) is 0 Å². The van der Waals surface area contributed by atoms with Crippen molar-refractivity contribution in [2.45, 2.75) is 33.0 Å². The highest BCUT2D eigenvalue weighted by molar-refractivity contribution is 6.38. The van der Waals surface area contributed by atoms with Gasteiger partial charge in [0.15, 0.2) is 5.43 Å². The highest BCUT2D eigenvalue weighted by Crippen LogP contribution is 2.35. The molecule has 3 rings (SSSR count). The molecule has 0 unspecified atom stereocenters. The monoisotopic (exact) mass is 465 g/mol. The summed E-state index contributed by atoms with van der Waals surface area (Å²) < 4.78 is 35.4. The van der Waals surface area contributed by atoms with Crippen LogP contribution in [-0.2, 0) is 16.1 Å². The first-order valence-electron chi connectivity index (χ1n) is 9.60. The molecule has 32 heavy (non-hydrogen) atoms. The Balaban J connectivity index is 2.30. The molecule has 10 heteroatoms. The molecule has 170 valence electrons. The van der Waals surface area contributed by atoms with E-state index in [9.17, 15) is 23.5 Å². The fourth-order valence-electron chi connectivity index (χ4n) is 3.14. The van der Waals surface area contributed by atoms with E-state index in [0.717, 1.165) is 12.1 Å². The average Bonchev–Trinajstić information content (AvgIpc) is 2.68. The lowest BCUT2D eigenvalue weighted by Crippen LogP contribution is -2.29. The Morgan fingerprint density at radius 3 is 2.59 bits per heavy atom. The van der Waals surface area contributed by atoms with Gasteiger partial charge in [-0.25, -0.2) is 8.78 Å². The van der Waals surface area contributed by atoms with Crippen molar-refractivity contribution in [2.75, 3.05) is 17.6 Å². The van der Waals surface area contributed by atoms with Crippen molar-refractivity contribution in [1.29, 1.82) is 0 Å². The van der Waals surface area contributed by atoms with Crippen LogP contribution in [0.25, 0.3) is 16.6 Å². The van der Waals surface area contributed by atoms with Crippen molar-refractivity contribution in [3.63, 3.8) is 0 Å². The molecule has 0 amide bonds. The maximum absolute atomic E-state index is 14.8. The SMILES string of the molecule is CC(=O)OCc1cc(F)c(N)cc1-n1ccc(=O)c2cc(F)c(NCC(C)(C)O)c(Cl)c21. The number of pyridine rings is 1. The Bertz CT molecular complexity index is 1270. The summed E-state index contributed by atoms with van der Waals surface area (Å²) in [5.41, 5.74) is 4.49. The second kappa shape index (κ2) is 8.76. The van der Waals surface area contributed by atoms with Gasteiger partial charge >= 0.3 is 5.97 Å². The van der Waals surface area contributed by atoms with E-state index in [2.05, 4.69) is 5.32 Å². The van der Waals surface area contributed by atoms with Gasteiger partial charge in [0.25, 0.3) is 0 Å². The summed E-state index contributed by atoms with van der Waals surface area (Å²) in [5, 5.41) is 12.6. The Kier molecular flexibility index (Phi) is 6.43. The third-order valence-corrected chi connectivity index (χ3v) is 5.03. The predicted octanol–water partition coefficient (Wildman–Crippen LogP) is 3.75. The summed E-state index contributed by atoms with van der Waals surface area (Å²) in [5.74, 6) is -2.07. The maximum Gasteiger partial charge on any atom is 0.302 e. The van der Waals surface area contributed by atoms with Gasteiger partial charge < -0.3 is 25.5 Å². The van der Waals surface area contributed by atoms with Crippen molar-refractivity contribution in [3.05, 3.63) is 62.9 Å². The van der Waals surface area contributed by atoms with Gasteiger partial charge in [-0.1, -0.05) is 11.6 Å². The normalized spacial score (nSPS) is 11.6. The number of hydrogen-bond acceptors (Lipinski definition) is 6. The number of aromatic nitrogens is 1. The van der Waals surface area contributed by atoms with E-state index < -0.39 is 28.6 Å². The Hall–Kier alpha value is -3.17. The highest BCUT2D eigenvalue weighted by atomic mass is 35.5. The fraction of sp³-hybridized carbons (Fsp3) is 0.273. The highest BCUT2D eigenvalue weighted by Gasteiger charge is 2.21. The first-order chi connectivity index (χ1) is 14.9. The van der Waals surface area contributed by atoms with Gasteiger partial charge in [-0.05, 0) is 32.0 Å². The minimum atomic E-state index is -1.16. The predicted molar refractivity (Wildman–Crippen MR) is 119 cm³/mol. The third kappa shape index (κ3) is 4.84. The lowest BCUT2D eigenvalue weighted by Gasteiger charge is -2.22. The zero-order valence-electron chi connectivity index (χ0n) is 17.6. The van der Waals surface area contributed by atoms with Gasteiger partial charge in [-0.3, -0.25) is 9.59 Å². The number of halogens is 3. The molecule has 0 aliphatic carbocycles. The van der Waals surface area contributed by atoms with Crippen LogP contribution >= 0.6 is 11.6 Å². The molecule has 0 atom stereocenters. The number of fused-ring (bicyclic) bond motifs is 1. The lowest BCUT2D eigenvalue weighted by atomic mass is 10.1. The number of nitrogens with zero attached hydrogens (tertiary/aromatic N) is 1. The third-order valence-electron chi connectivity index (χ3n) is 4.66. The second-order valence-electron chi connectivity index (χ2n) is 7.94. The molecule has 2 aromatic carbocycles. The number of hydrogen-bond donors (Lipinski definition) is 3. The Morgan fingerprint density at radius 1 is 1.28 bits per heavy atom. The summed E-state index contributed by atoms with van der Waals surface area (Å²) in [6.07, 6.45) is 1.39. The number of carbonyl (C=O) groups is 1. The number of aliphatic hydroxyl groups is 1. The molecule has 0 aliphatic heterocycles. The van der Waals surface area contributed by atoms with Crippen LogP contribution in [0.1, 0.15) is 26.3 Å². The van der Waals surface area contributed by atoms with E-state index in [1.165, 1.54) is 43.7 Å². The van der Waals surface area contributed by atoms with Gasteiger partial charge in [-0.15, -0.1) is 0 Å². The van der Waals surface area contributed by atoms with Crippen LogP contribution in [0.5, 0.6) is 0 Å². The van der Waals surface area contributed by atoms with E-state index in [4.69, 9.17) is 22.1 Å². The standard InChI is InChI=1S/C22H22ClF2N3O4/c1-11(29)32-9-12-6-14(24)16(26)8-17(12)28-5-4-18(30)13-7-15(25)20(19(23)21(13)28)27-10-22(2,3)31/h4-8,27,31H,9-10,26H2,1-3H3. The smallest absolute Gasteiger partial charge is 0.302 e. The number of anilines is 2. The minimum absolute atomic E-state index is 0.0204. The van der Waals surface area contributed by atoms with Crippen LogP contribution in [0.15, 0.2) is 35.3 Å². The molecule has 0 saturated carbocycles. The maximum atomic E-state index is 14.8. The number of nitrogens with two attached hydrogens (primary N) is 1. The number of carbonyl (C=O) groups excluding carboxylic acids is 1. The van der Waals surface area contributed by atoms with E-state index in [1.54, 1.807) is 0 Å². The van der Waals surface area contributed by atoms with Crippen molar-refractivity contribution < 1.29 is 23.4 Å². The Labute approximate surface area is 187 Å². The summed E-state index contributed by atoms with van der Waals surface area (Å²) >= 11 is 6.52. The van der Waals surface area contributed by atoms with Crippen LogP contribution < -0.4 is 16.5 Å². The van der Waals surface area contributed by atoms with Gasteiger partial charge in [0.2, 0.25) is 0 Å². The molecular weight excluding hydrogens is 444 g/mol. The van der Waals surface area contributed by atoms with Gasteiger partial charge in [-0.2, -0.15) is 0 Å². The van der Waals surface area contributed by atoms with Gasteiger partial charge in [0.1, 0.15) is 18.2 Å². The topological polar surface area (TPSA) is 107 Å². The van der Waals surface area contributed by atoms with Crippen molar-refractivity contribution in [1.82, 2.24) is 4.57 Å². The average molecular weight is 466 g/mol. The molecule has 7 nitrogen and oxygen atoms in total. The number of esters is 1. The molecule has 0 bridgehead atoms. The van der Waals surface area contributed by atoms with Crippen LogP contribution in [0.4, 0.5) is 20.2 Å². The Morgan fingerprint density at radius 2 is 1.97 bits per heavy atom. The van der Waals surface area contributed by atoms with Crippen molar-refractivity contribution >= 4 is 39.8 Å². The molecule has 0 radical (unpaired) electrons. The van der Waals surface area contributed by atoms with E-state index >= 15 is 0 Å². The lowest BCUT2D eigenvalue weighted by molar-refractivity contribution is -0.142. The number of nitrogen functional groups attached to an aromatic ring is 1. The van der Waals surface area contributed by atoms with Crippen molar-refractivity contribution in [3.8, 4) is 5.69 Å². The van der Waals surface area contributed by atoms with Crippen LogP contribution in [-0.4, -0.2) is 27.8 Å². The quantitative estimate of drug-likeness (QED) is 0.378. The summed E-state index contributed by atoms with van der Waals surface area (Å²) in [6, 6.07) is 4.66. The first kappa shape index (κ1) is 23.5. The number of nitrogens with one attached hydrogen (secondary N) is 1. The number of ether oxygens (including phenoxy) is 1. The van der Waals surface area contributed by atoms with E-state index in [0.29, 0.717) is 0 Å². The molecule has 0 saturated heterocycles. The van der Waals surface area contributed by atoms with Crippen LogP contribution in [0, 0.1) is 11.6 Å². The number of rotatable bonds is 6. The molecule has 0 aliphatic rings. The van der Waals surface area contributed by atoms with E-state index in [-0.39, 0.29) is 51.7 Å². The summed E-state index contributed by atoms with van der Waals surface area (Å²) in [4.78, 5) is 23.7. The number of benzene rings is 2. The second-order valence-corrected chi connectivity index (χ2v) is 8.32. The zero-order valence-corrected chi connectivity index (χ0v) is 18.4. The molecule has 4 N–H and O–H groups in total. The summed E-state index contributed by atoms with van der Waals surface area (Å²) in [7, 11) is 0. The van der Waals surface area contributed by atoms with Crippen LogP contribution in [0.3, 0.4) is 0 Å². The van der Waals surface area contributed by atoms with Crippen LogP contribution in [0.2, 0.25) is 5.02 Å². The molecular formula is C22H22ClF2N3O4. The summed E-state index contributed by atoms with van der Waals surface area (Å²) in [6.45, 7) is 3.99. The van der Waals surface area contributed by atoms with Gasteiger partial charge in [0.05, 0.1) is 38.6 Å². The molecule has 3 aromatic rings. The fourth-order valence-corrected chi connectivity index (χ4v) is 3.49. The van der Waals surface area contributed by atoms with Gasteiger partial charge in [0, 0.05) is 31.3 Å². The molecule has 0 spiro atoms. The molecule has 1 aromatic heterocycles. The minimum Gasteiger partial charge on any atom is -0.461 e.